The first-order valence-corrected chi connectivity index (χ1v) is 11.2. The Hall–Kier alpha value is -3.49. The van der Waals surface area contributed by atoms with Crippen molar-refractivity contribution in [2.24, 2.45) is 17.1 Å². The molecule has 0 aliphatic rings. The van der Waals surface area contributed by atoms with Gasteiger partial charge in [-0.25, -0.2) is 5.48 Å². The Bertz CT molecular complexity index is 1170. The fraction of sp³-hybridized carbons (Fsp3) is 0.346. The summed E-state index contributed by atoms with van der Waals surface area (Å²) in [5, 5.41) is 9.95. The number of hydrogen-bond donors (Lipinski definition) is 3. The number of benzene rings is 2. The van der Waals surface area contributed by atoms with Crippen LogP contribution < -0.4 is 11.2 Å². The molecule has 0 radical (unpaired) electrons. The molecule has 0 aliphatic carbocycles. The zero-order chi connectivity index (χ0) is 24.9. The van der Waals surface area contributed by atoms with Gasteiger partial charge in [0.15, 0.2) is 0 Å². The van der Waals surface area contributed by atoms with Gasteiger partial charge in [0.05, 0.1) is 12.1 Å². The average molecular weight is 466 g/mol. The molecule has 2 unspecified atom stereocenters. The van der Waals surface area contributed by atoms with Crippen molar-refractivity contribution in [3.05, 3.63) is 71.9 Å². The Balaban J connectivity index is 1.91. The maximum atomic E-state index is 13.8. The summed E-state index contributed by atoms with van der Waals surface area (Å²) >= 11 is 0. The number of nitrogens with two attached hydrogens (primary N) is 1. The molecule has 8 heteroatoms. The Morgan fingerprint density at radius 3 is 2.38 bits per heavy atom. The molecule has 2 atom stereocenters. The third-order valence-electron chi connectivity index (χ3n) is 5.81. The van der Waals surface area contributed by atoms with Crippen molar-refractivity contribution in [1.82, 2.24) is 10.0 Å². The van der Waals surface area contributed by atoms with Crippen LogP contribution in [0.2, 0.25) is 0 Å². The zero-order valence-electron chi connectivity index (χ0n) is 19.7. The Morgan fingerprint density at radius 2 is 1.74 bits per heavy atom. The summed E-state index contributed by atoms with van der Waals surface area (Å²) in [4.78, 5) is 43.8. The quantitative estimate of drug-likeness (QED) is 0.311. The average Bonchev–Trinajstić information content (AvgIpc) is 3.16. The highest BCUT2D eigenvalue weighted by Crippen LogP contribution is 2.32. The van der Waals surface area contributed by atoms with E-state index in [9.17, 15) is 19.5 Å². The Morgan fingerprint density at radius 1 is 1.09 bits per heavy atom. The van der Waals surface area contributed by atoms with Crippen LogP contribution in [-0.2, 0) is 27.5 Å². The molecular weight excluding hydrogens is 434 g/mol. The first-order valence-electron chi connectivity index (χ1n) is 11.2. The summed E-state index contributed by atoms with van der Waals surface area (Å²) in [6.07, 6.45) is 1.94. The second kappa shape index (κ2) is 10.6. The van der Waals surface area contributed by atoms with Crippen molar-refractivity contribution in [3.8, 4) is 0 Å². The molecule has 0 fully saturated rings. The number of carbonyl (C=O) groups excluding carboxylic acids is 2. The molecule has 8 nitrogen and oxygen atoms in total. The largest absolute Gasteiger partial charge is 0.480 e. The van der Waals surface area contributed by atoms with Crippen molar-refractivity contribution < 1.29 is 24.3 Å². The maximum absolute atomic E-state index is 13.8. The number of amides is 1. The van der Waals surface area contributed by atoms with Gasteiger partial charge in [-0.2, -0.15) is 0 Å². The van der Waals surface area contributed by atoms with Crippen LogP contribution in [-0.4, -0.2) is 33.5 Å². The number of aromatic nitrogens is 1. The molecule has 3 rings (SSSR count). The summed E-state index contributed by atoms with van der Waals surface area (Å²) in [6, 6.07) is 15.5. The topological polar surface area (TPSA) is 124 Å². The predicted octanol–water partition coefficient (Wildman–Crippen LogP) is 3.54. The third kappa shape index (κ3) is 5.52. The molecule has 0 bridgehead atoms. The number of nitrogens with zero attached hydrogens (tertiary/aromatic N) is 1. The lowest BCUT2D eigenvalue weighted by atomic mass is 9.80. The number of nitrogens with one attached hydrogen (secondary N) is 1. The van der Waals surface area contributed by atoms with E-state index in [1.165, 1.54) is 4.57 Å². The summed E-state index contributed by atoms with van der Waals surface area (Å²) in [7, 11) is 0. The standard InChI is InChI=1S/C26H31N3O5/c1-17(2)14-26(3,24(32)28-34-16-18-9-5-4-6-10-18)25(33)29-15-19(13-21(27)23(30)31)20-11-7-8-12-22(20)29/h4-12,15,17,21H,13-14,16,27H2,1-3H3,(H,28,32)(H,30,31). The number of rotatable bonds is 10. The third-order valence-corrected chi connectivity index (χ3v) is 5.81. The number of carboxylic acids is 1. The van der Waals surface area contributed by atoms with Crippen LogP contribution in [0.3, 0.4) is 0 Å². The van der Waals surface area contributed by atoms with Crippen molar-refractivity contribution in [2.75, 3.05) is 0 Å². The molecule has 1 aromatic heterocycles. The summed E-state index contributed by atoms with van der Waals surface area (Å²) in [5.41, 5.74) is 8.90. The van der Waals surface area contributed by atoms with E-state index in [2.05, 4.69) is 5.48 Å². The lowest BCUT2D eigenvalue weighted by molar-refractivity contribution is -0.143. The van der Waals surface area contributed by atoms with Gasteiger partial charge in [0.1, 0.15) is 11.5 Å². The second-order valence-corrected chi connectivity index (χ2v) is 9.13. The summed E-state index contributed by atoms with van der Waals surface area (Å²) in [5.74, 6) is -2.03. The van der Waals surface area contributed by atoms with Crippen molar-refractivity contribution in [1.29, 1.82) is 0 Å². The van der Waals surface area contributed by atoms with Crippen molar-refractivity contribution in [3.63, 3.8) is 0 Å². The molecule has 180 valence electrons. The first kappa shape index (κ1) is 25.1. The van der Waals surface area contributed by atoms with Crippen LogP contribution in [0.1, 0.15) is 43.1 Å². The normalized spacial score (nSPS) is 14.0. The maximum Gasteiger partial charge on any atom is 0.320 e. The van der Waals surface area contributed by atoms with Crippen LogP contribution in [0.25, 0.3) is 10.9 Å². The molecule has 1 amide bonds. The molecule has 0 spiro atoms. The minimum absolute atomic E-state index is 0.0514. The van der Waals surface area contributed by atoms with Crippen LogP contribution in [0.15, 0.2) is 60.8 Å². The molecule has 0 aliphatic heterocycles. The lowest BCUT2D eigenvalue weighted by Crippen LogP contribution is -2.47. The minimum Gasteiger partial charge on any atom is -0.480 e. The van der Waals surface area contributed by atoms with Crippen LogP contribution in [0, 0.1) is 11.3 Å². The molecule has 1 heterocycles. The fourth-order valence-corrected chi connectivity index (χ4v) is 4.14. The number of para-hydroxylation sites is 1. The van der Waals surface area contributed by atoms with Crippen molar-refractivity contribution >= 4 is 28.7 Å². The monoisotopic (exact) mass is 465 g/mol. The van der Waals surface area contributed by atoms with E-state index in [1.807, 2.05) is 56.3 Å². The van der Waals surface area contributed by atoms with Crippen LogP contribution in [0.4, 0.5) is 0 Å². The summed E-state index contributed by atoms with van der Waals surface area (Å²) in [6.45, 7) is 5.65. The van der Waals surface area contributed by atoms with E-state index in [0.29, 0.717) is 17.5 Å². The van der Waals surface area contributed by atoms with Crippen LogP contribution >= 0.6 is 0 Å². The number of carboxylic acid groups (broad SMARTS) is 1. The number of hydrogen-bond acceptors (Lipinski definition) is 5. The van der Waals surface area contributed by atoms with E-state index in [1.54, 1.807) is 25.3 Å². The number of hydroxylamine groups is 1. The van der Waals surface area contributed by atoms with E-state index in [-0.39, 0.29) is 18.9 Å². The highest BCUT2D eigenvalue weighted by atomic mass is 16.6. The van der Waals surface area contributed by atoms with Crippen LogP contribution in [0.5, 0.6) is 0 Å². The number of fused-ring (bicyclic) bond motifs is 1. The molecule has 0 saturated carbocycles. The van der Waals surface area contributed by atoms with E-state index < -0.39 is 29.2 Å². The van der Waals surface area contributed by atoms with E-state index in [4.69, 9.17) is 10.6 Å². The number of carbonyl (C=O) groups is 3. The van der Waals surface area contributed by atoms with Gasteiger partial charge in [-0.3, -0.25) is 23.8 Å². The van der Waals surface area contributed by atoms with Gasteiger partial charge in [-0.15, -0.1) is 0 Å². The second-order valence-electron chi connectivity index (χ2n) is 9.13. The van der Waals surface area contributed by atoms with Gasteiger partial charge in [0.2, 0.25) is 5.91 Å². The molecular formula is C26H31N3O5. The van der Waals surface area contributed by atoms with Gasteiger partial charge in [0, 0.05) is 18.0 Å². The SMILES string of the molecule is CC(C)CC(C)(C(=O)NOCc1ccccc1)C(=O)n1cc(CC(N)C(=O)O)c2ccccc21. The Labute approximate surface area is 198 Å². The van der Waals surface area contributed by atoms with Gasteiger partial charge >= 0.3 is 5.97 Å². The van der Waals surface area contributed by atoms with Gasteiger partial charge in [-0.1, -0.05) is 62.4 Å². The first-order chi connectivity index (χ1) is 16.1. The predicted molar refractivity (Wildman–Crippen MR) is 129 cm³/mol. The smallest absolute Gasteiger partial charge is 0.320 e. The van der Waals surface area contributed by atoms with Gasteiger partial charge < -0.3 is 10.8 Å². The number of aliphatic carboxylic acids is 1. The molecule has 2 aromatic carbocycles. The van der Waals surface area contributed by atoms with Crippen molar-refractivity contribution in [2.45, 2.75) is 46.3 Å². The van der Waals surface area contributed by atoms with E-state index >= 15 is 0 Å². The minimum atomic E-state index is -1.42. The Kier molecular flexibility index (Phi) is 7.86. The highest BCUT2D eigenvalue weighted by molar-refractivity contribution is 6.08. The summed E-state index contributed by atoms with van der Waals surface area (Å²) < 4.78 is 1.43. The molecule has 3 aromatic rings. The molecule has 4 N–H and O–H groups in total. The molecule has 34 heavy (non-hydrogen) atoms. The van der Waals surface area contributed by atoms with Gasteiger partial charge in [-0.05, 0) is 36.5 Å². The fourth-order valence-electron chi connectivity index (χ4n) is 4.14. The lowest BCUT2D eigenvalue weighted by Gasteiger charge is -2.28. The van der Waals surface area contributed by atoms with Gasteiger partial charge in [0.25, 0.3) is 5.91 Å². The zero-order valence-corrected chi connectivity index (χ0v) is 19.7. The van der Waals surface area contributed by atoms with E-state index in [0.717, 1.165) is 10.9 Å². The molecule has 0 saturated heterocycles. The highest BCUT2D eigenvalue weighted by Gasteiger charge is 2.43.